The molecule has 0 aliphatic rings. The Hall–Kier alpha value is -3.11. The van der Waals surface area contributed by atoms with Crippen LogP contribution in [0.25, 0.3) is 0 Å². The molecule has 31 heavy (non-hydrogen) atoms. The first-order valence-electron chi connectivity index (χ1n) is 9.46. The van der Waals surface area contributed by atoms with Crippen molar-refractivity contribution in [1.29, 1.82) is 0 Å². The van der Waals surface area contributed by atoms with Crippen LogP contribution in [0.1, 0.15) is 22.3 Å². The number of amides is 1. The van der Waals surface area contributed by atoms with Crippen molar-refractivity contribution in [3.63, 3.8) is 0 Å². The Bertz CT molecular complexity index is 1000. The second-order valence-electron chi connectivity index (χ2n) is 6.45. The number of ether oxygens (including phenoxy) is 3. The van der Waals surface area contributed by atoms with E-state index in [2.05, 4.69) is 14.8 Å². The highest BCUT2D eigenvalue weighted by Crippen LogP contribution is 2.29. The first-order valence-corrected chi connectivity index (χ1v) is 10.9. The minimum absolute atomic E-state index is 0.00615. The molecule has 10 heteroatoms. The molecule has 0 unspecified atom stereocenters. The van der Waals surface area contributed by atoms with E-state index >= 15 is 0 Å². The van der Waals surface area contributed by atoms with E-state index in [4.69, 9.17) is 9.47 Å². The molecule has 2 aromatic rings. The lowest BCUT2D eigenvalue weighted by Gasteiger charge is -2.11. The summed E-state index contributed by atoms with van der Waals surface area (Å²) in [6.45, 7) is 0.342. The summed E-state index contributed by atoms with van der Waals surface area (Å²) in [7, 11) is 0.400. The number of carbonyl (C=O) groups is 2. The van der Waals surface area contributed by atoms with E-state index in [0.29, 0.717) is 30.0 Å². The molecule has 0 heterocycles. The van der Waals surface area contributed by atoms with Gasteiger partial charge in [0.25, 0.3) is 0 Å². The number of esters is 1. The van der Waals surface area contributed by atoms with E-state index in [0.717, 1.165) is 5.56 Å². The molecular formula is C21H26N2O7S. The molecule has 0 fully saturated rings. The van der Waals surface area contributed by atoms with Gasteiger partial charge in [-0.05, 0) is 36.2 Å². The minimum Gasteiger partial charge on any atom is -0.493 e. The van der Waals surface area contributed by atoms with Gasteiger partial charge in [0, 0.05) is 25.6 Å². The van der Waals surface area contributed by atoms with Gasteiger partial charge in [-0.3, -0.25) is 4.79 Å². The number of benzene rings is 2. The predicted octanol–water partition coefficient (Wildman–Crippen LogP) is 1.52. The third-order valence-corrected chi connectivity index (χ3v) is 5.88. The first-order chi connectivity index (χ1) is 14.8. The smallest absolute Gasteiger partial charge is 0.337 e. The summed E-state index contributed by atoms with van der Waals surface area (Å²) in [5.41, 5.74) is 1.40. The summed E-state index contributed by atoms with van der Waals surface area (Å²) >= 11 is 0. The zero-order valence-electron chi connectivity index (χ0n) is 17.6. The molecule has 168 valence electrons. The molecule has 0 saturated heterocycles. The number of sulfonamides is 1. The van der Waals surface area contributed by atoms with Crippen molar-refractivity contribution in [3.8, 4) is 11.5 Å². The van der Waals surface area contributed by atoms with Gasteiger partial charge in [0.2, 0.25) is 15.9 Å². The fraction of sp³-hybridized carbons (Fsp3) is 0.333. The van der Waals surface area contributed by atoms with Gasteiger partial charge in [0.05, 0.1) is 31.8 Å². The number of carbonyl (C=O) groups excluding carboxylic acids is 2. The predicted molar refractivity (Wildman–Crippen MR) is 114 cm³/mol. The molecular weight excluding hydrogens is 424 g/mol. The summed E-state index contributed by atoms with van der Waals surface area (Å²) in [6.07, 6.45) is 0.568. The zero-order chi connectivity index (χ0) is 22.9. The quantitative estimate of drug-likeness (QED) is 0.498. The molecule has 0 aromatic heterocycles. The molecule has 1 amide bonds. The molecule has 0 saturated carbocycles. The molecule has 2 aromatic carbocycles. The Morgan fingerprint density at radius 2 is 1.58 bits per heavy atom. The Balaban J connectivity index is 1.78. The summed E-state index contributed by atoms with van der Waals surface area (Å²) in [5, 5.41) is 2.74. The molecule has 0 aliphatic carbocycles. The lowest BCUT2D eigenvalue weighted by atomic mass is 10.1. The van der Waals surface area contributed by atoms with Crippen molar-refractivity contribution in [3.05, 3.63) is 53.6 Å². The molecule has 2 rings (SSSR count). The van der Waals surface area contributed by atoms with Crippen LogP contribution in [0, 0.1) is 0 Å². The summed E-state index contributed by atoms with van der Waals surface area (Å²) in [6, 6.07) is 11.1. The molecule has 0 atom stereocenters. The van der Waals surface area contributed by atoms with Gasteiger partial charge in [0.15, 0.2) is 11.5 Å². The zero-order valence-corrected chi connectivity index (χ0v) is 18.5. The summed E-state index contributed by atoms with van der Waals surface area (Å²) in [5.74, 6) is 0.0279. The monoisotopic (exact) mass is 450 g/mol. The lowest BCUT2D eigenvalue weighted by Crippen LogP contribution is -2.31. The van der Waals surface area contributed by atoms with Crippen molar-refractivity contribution in [2.75, 3.05) is 34.4 Å². The van der Waals surface area contributed by atoms with Crippen molar-refractivity contribution in [1.82, 2.24) is 10.0 Å². The largest absolute Gasteiger partial charge is 0.493 e. The highest BCUT2D eigenvalue weighted by atomic mass is 32.2. The lowest BCUT2D eigenvalue weighted by molar-refractivity contribution is -0.120. The van der Waals surface area contributed by atoms with Crippen LogP contribution in [-0.2, 0) is 26.0 Å². The van der Waals surface area contributed by atoms with E-state index in [1.54, 1.807) is 24.3 Å². The van der Waals surface area contributed by atoms with E-state index in [1.165, 1.54) is 39.5 Å². The number of nitrogens with one attached hydrogen (secondary N) is 2. The normalized spacial score (nSPS) is 10.9. The maximum atomic E-state index is 12.4. The third kappa shape index (κ3) is 6.97. The Kier molecular flexibility index (Phi) is 8.83. The van der Waals surface area contributed by atoms with Crippen LogP contribution >= 0.6 is 0 Å². The van der Waals surface area contributed by atoms with E-state index in [1.807, 2.05) is 0 Å². The summed E-state index contributed by atoms with van der Waals surface area (Å²) in [4.78, 5) is 23.4. The van der Waals surface area contributed by atoms with Gasteiger partial charge in [-0.15, -0.1) is 0 Å². The van der Waals surface area contributed by atoms with E-state index in [9.17, 15) is 18.0 Å². The number of methoxy groups -OCH3 is 3. The van der Waals surface area contributed by atoms with Crippen LogP contribution in [0.4, 0.5) is 0 Å². The van der Waals surface area contributed by atoms with Gasteiger partial charge in [0.1, 0.15) is 0 Å². The second-order valence-corrected chi connectivity index (χ2v) is 8.22. The third-order valence-electron chi connectivity index (χ3n) is 4.42. The maximum Gasteiger partial charge on any atom is 0.337 e. The first kappa shape index (κ1) is 24.2. The van der Waals surface area contributed by atoms with Crippen LogP contribution in [0.5, 0.6) is 11.5 Å². The molecule has 0 radical (unpaired) electrons. The maximum absolute atomic E-state index is 12.4. The average molecular weight is 451 g/mol. The highest BCUT2D eigenvalue weighted by molar-refractivity contribution is 7.89. The van der Waals surface area contributed by atoms with E-state index < -0.39 is 16.0 Å². The van der Waals surface area contributed by atoms with E-state index in [-0.39, 0.29) is 23.8 Å². The van der Waals surface area contributed by atoms with Crippen LogP contribution in [0.15, 0.2) is 47.4 Å². The van der Waals surface area contributed by atoms with Crippen LogP contribution in [-0.4, -0.2) is 54.7 Å². The number of hydrogen-bond donors (Lipinski definition) is 2. The van der Waals surface area contributed by atoms with Crippen molar-refractivity contribution in [2.24, 2.45) is 0 Å². The number of hydrogen-bond acceptors (Lipinski definition) is 7. The van der Waals surface area contributed by atoms with Gasteiger partial charge in [-0.25, -0.2) is 17.9 Å². The number of rotatable bonds is 11. The minimum atomic E-state index is -3.79. The topological polar surface area (TPSA) is 120 Å². The van der Waals surface area contributed by atoms with Gasteiger partial charge < -0.3 is 19.5 Å². The fourth-order valence-electron chi connectivity index (χ4n) is 2.73. The van der Waals surface area contributed by atoms with Crippen LogP contribution in [0.2, 0.25) is 0 Å². The SMILES string of the molecule is COC(=O)c1ccc(CCNC(=O)CCNS(=O)(=O)c2ccc(OC)c(OC)c2)cc1. The Morgan fingerprint density at radius 1 is 0.903 bits per heavy atom. The fourth-order valence-corrected chi connectivity index (χ4v) is 3.77. The van der Waals surface area contributed by atoms with Crippen molar-refractivity contribution >= 4 is 21.9 Å². The molecule has 0 bridgehead atoms. The van der Waals surface area contributed by atoms with Crippen molar-refractivity contribution < 1.29 is 32.2 Å². The Morgan fingerprint density at radius 3 is 2.19 bits per heavy atom. The van der Waals surface area contributed by atoms with Gasteiger partial charge in [-0.1, -0.05) is 12.1 Å². The average Bonchev–Trinajstić information content (AvgIpc) is 2.78. The van der Waals surface area contributed by atoms with Gasteiger partial charge in [-0.2, -0.15) is 0 Å². The van der Waals surface area contributed by atoms with Gasteiger partial charge >= 0.3 is 5.97 Å². The second kappa shape index (κ2) is 11.3. The summed E-state index contributed by atoms with van der Waals surface area (Å²) < 4.78 is 42.1. The van der Waals surface area contributed by atoms with Crippen molar-refractivity contribution in [2.45, 2.75) is 17.7 Å². The van der Waals surface area contributed by atoms with Crippen LogP contribution < -0.4 is 19.5 Å². The highest BCUT2D eigenvalue weighted by Gasteiger charge is 2.17. The molecule has 0 aliphatic heterocycles. The molecule has 0 spiro atoms. The standard InChI is InChI=1S/C21H26N2O7S/c1-28-18-9-8-17(14-19(18)29-2)31(26,27)23-13-11-20(24)22-12-10-15-4-6-16(7-5-15)21(25)30-3/h4-9,14,23H,10-13H2,1-3H3,(H,22,24). The van der Waals surface area contributed by atoms with Crippen LogP contribution in [0.3, 0.4) is 0 Å². The molecule has 2 N–H and O–H groups in total. The Labute approximate surface area is 181 Å². The molecule has 9 nitrogen and oxygen atoms in total.